The highest BCUT2D eigenvalue weighted by atomic mass is 16.6. The molecular weight excluding hydrogens is 248 g/mol. The van der Waals surface area contributed by atoms with E-state index < -0.39 is 12.3 Å². The quantitative estimate of drug-likeness (QED) is 0.405. The minimum atomic E-state index is -1.83. The third kappa shape index (κ3) is 95.6. The molecule has 106 valence electrons. The van der Waals surface area contributed by atoms with Gasteiger partial charge in [0, 0.05) is 0 Å². The van der Waals surface area contributed by atoms with Crippen LogP contribution in [0.1, 0.15) is 0 Å². The van der Waals surface area contributed by atoms with E-state index in [-0.39, 0.29) is 0 Å². The summed E-state index contributed by atoms with van der Waals surface area (Å²) in [5.74, 6) is 0. The van der Waals surface area contributed by atoms with E-state index in [1.165, 1.54) is 0 Å². The summed E-state index contributed by atoms with van der Waals surface area (Å²) in [5, 5.41) is 27.9. The Bertz CT molecular complexity index is 194. The van der Waals surface area contributed by atoms with Crippen LogP contribution in [0.2, 0.25) is 0 Å². The Balaban J connectivity index is -0.000000233. The Morgan fingerprint density at radius 2 is 1.06 bits per heavy atom. The van der Waals surface area contributed by atoms with Gasteiger partial charge < -0.3 is 29.9 Å². The van der Waals surface area contributed by atoms with Gasteiger partial charge in [-0.25, -0.2) is 9.59 Å². The third-order valence-corrected chi connectivity index (χ3v) is 0.843. The Labute approximate surface area is 104 Å². The van der Waals surface area contributed by atoms with Crippen molar-refractivity contribution in [2.75, 3.05) is 26.4 Å². The van der Waals surface area contributed by atoms with Gasteiger partial charge in [0.1, 0.15) is 0 Å². The van der Waals surface area contributed by atoms with Crippen LogP contribution in [0.25, 0.3) is 0 Å². The van der Waals surface area contributed by atoms with Crippen LogP contribution in [0.15, 0.2) is 25.3 Å². The molecule has 0 aliphatic carbocycles. The van der Waals surface area contributed by atoms with Crippen LogP contribution in [0.3, 0.4) is 0 Å². The van der Waals surface area contributed by atoms with E-state index in [2.05, 4.69) is 13.2 Å². The predicted molar refractivity (Wildman–Crippen MR) is 63.3 cm³/mol. The largest absolute Gasteiger partial charge is 0.503 e. The number of carboxylic acid groups (broad SMARTS) is 4. The molecule has 8 nitrogen and oxygen atoms in total. The lowest BCUT2D eigenvalue weighted by Crippen LogP contribution is -2.03. The van der Waals surface area contributed by atoms with Gasteiger partial charge in [-0.1, -0.05) is 12.2 Å². The Kier molecular flexibility index (Phi) is 24.0. The second kappa shape index (κ2) is 20.4. The summed E-state index contributed by atoms with van der Waals surface area (Å²) in [5.41, 5.74) is 0. The average molecular weight is 266 g/mol. The first-order valence-corrected chi connectivity index (χ1v) is 4.59. The summed E-state index contributed by atoms with van der Waals surface area (Å²) < 4.78 is 10.1. The maximum atomic E-state index is 8.56. The SMILES string of the molecule is C=CCOCCOCC=C.O=C(O)O.O=C(O)O. The number of carbonyl (C=O) groups is 2. The molecule has 8 heteroatoms. The second-order valence-corrected chi connectivity index (χ2v) is 2.29. The molecule has 0 atom stereocenters. The number of hydrogen-bond donors (Lipinski definition) is 4. The van der Waals surface area contributed by atoms with Crippen molar-refractivity contribution in [1.82, 2.24) is 0 Å². The summed E-state index contributed by atoms with van der Waals surface area (Å²) in [6.45, 7) is 9.46. The third-order valence-electron chi connectivity index (χ3n) is 0.843. The lowest BCUT2D eigenvalue weighted by molar-refractivity contribution is 0.0710. The first-order valence-electron chi connectivity index (χ1n) is 4.59. The van der Waals surface area contributed by atoms with Gasteiger partial charge in [-0.05, 0) is 0 Å². The normalized spacial score (nSPS) is 7.78. The zero-order valence-electron chi connectivity index (χ0n) is 9.82. The van der Waals surface area contributed by atoms with E-state index in [1.807, 2.05) is 0 Å². The maximum Gasteiger partial charge on any atom is 0.503 e. The van der Waals surface area contributed by atoms with Crippen LogP contribution in [0.4, 0.5) is 9.59 Å². The zero-order valence-corrected chi connectivity index (χ0v) is 9.82. The van der Waals surface area contributed by atoms with Crippen LogP contribution in [-0.2, 0) is 9.47 Å². The van der Waals surface area contributed by atoms with E-state index in [0.717, 1.165) is 0 Å². The highest BCUT2D eigenvalue weighted by Crippen LogP contribution is 1.78. The van der Waals surface area contributed by atoms with Gasteiger partial charge in [0.25, 0.3) is 0 Å². The van der Waals surface area contributed by atoms with Crippen molar-refractivity contribution in [3.8, 4) is 0 Å². The first kappa shape index (κ1) is 21.2. The van der Waals surface area contributed by atoms with Gasteiger partial charge >= 0.3 is 12.3 Å². The first-order chi connectivity index (χ1) is 8.38. The van der Waals surface area contributed by atoms with E-state index in [0.29, 0.717) is 26.4 Å². The zero-order chi connectivity index (χ0) is 14.8. The summed E-state index contributed by atoms with van der Waals surface area (Å²) in [4.78, 5) is 17.1. The minimum absolute atomic E-state index is 0.595. The second-order valence-electron chi connectivity index (χ2n) is 2.29. The van der Waals surface area contributed by atoms with Crippen LogP contribution in [-0.4, -0.2) is 59.2 Å². The lowest BCUT2D eigenvalue weighted by Gasteiger charge is -2.00. The molecule has 0 aromatic heterocycles. The summed E-state index contributed by atoms with van der Waals surface area (Å²) in [6, 6.07) is 0. The number of rotatable bonds is 7. The molecule has 4 N–H and O–H groups in total. The molecule has 0 fully saturated rings. The van der Waals surface area contributed by atoms with Gasteiger partial charge in [0.05, 0.1) is 26.4 Å². The molecule has 0 spiro atoms. The van der Waals surface area contributed by atoms with Crippen molar-refractivity contribution in [2.24, 2.45) is 0 Å². The monoisotopic (exact) mass is 266 g/mol. The highest BCUT2D eigenvalue weighted by Gasteiger charge is 1.83. The Hall–Kier alpha value is -2.06. The van der Waals surface area contributed by atoms with Crippen molar-refractivity contribution in [3.05, 3.63) is 25.3 Å². The topological polar surface area (TPSA) is 134 Å². The maximum absolute atomic E-state index is 8.56. The fourth-order valence-electron chi connectivity index (χ4n) is 0.451. The van der Waals surface area contributed by atoms with Crippen LogP contribution in [0, 0.1) is 0 Å². The van der Waals surface area contributed by atoms with Crippen molar-refractivity contribution in [3.63, 3.8) is 0 Å². The Morgan fingerprint density at radius 3 is 1.22 bits per heavy atom. The standard InChI is InChI=1S/C8H14O2.2CH2O3/c1-3-5-9-7-8-10-6-4-2;2*2-1(3)4/h3-4H,1-2,5-8H2;2*(H2,2,3,4). The molecule has 0 amide bonds. The molecule has 0 saturated carbocycles. The summed E-state index contributed by atoms with van der Waals surface area (Å²) >= 11 is 0. The van der Waals surface area contributed by atoms with Crippen LogP contribution >= 0.6 is 0 Å². The average Bonchev–Trinajstić information content (AvgIpc) is 2.22. The van der Waals surface area contributed by atoms with Gasteiger partial charge in [0.15, 0.2) is 0 Å². The number of ether oxygens (including phenoxy) is 2. The molecule has 0 aromatic carbocycles. The van der Waals surface area contributed by atoms with E-state index in [4.69, 9.17) is 39.5 Å². The fraction of sp³-hybridized carbons (Fsp3) is 0.400. The van der Waals surface area contributed by atoms with Crippen molar-refractivity contribution in [1.29, 1.82) is 0 Å². The molecular formula is C10H18O8. The molecule has 0 aliphatic heterocycles. The molecule has 0 radical (unpaired) electrons. The van der Waals surface area contributed by atoms with E-state index in [9.17, 15) is 0 Å². The molecule has 0 aromatic rings. The lowest BCUT2D eigenvalue weighted by atomic mass is 10.6. The fourth-order valence-corrected chi connectivity index (χ4v) is 0.451. The molecule has 0 aliphatic rings. The minimum Gasteiger partial charge on any atom is -0.450 e. The van der Waals surface area contributed by atoms with E-state index >= 15 is 0 Å². The van der Waals surface area contributed by atoms with Crippen molar-refractivity contribution in [2.45, 2.75) is 0 Å². The van der Waals surface area contributed by atoms with Crippen LogP contribution in [0.5, 0.6) is 0 Å². The van der Waals surface area contributed by atoms with Crippen LogP contribution < -0.4 is 0 Å². The molecule has 0 bridgehead atoms. The molecule has 18 heavy (non-hydrogen) atoms. The summed E-state index contributed by atoms with van der Waals surface area (Å²) in [7, 11) is 0. The van der Waals surface area contributed by atoms with Gasteiger partial charge in [0.2, 0.25) is 0 Å². The molecule has 0 saturated heterocycles. The van der Waals surface area contributed by atoms with Crippen molar-refractivity contribution < 1.29 is 39.5 Å². The Morgan fingerprint density at radius 1 is 0.833 bits per heavy atom. The van der Waals surface area contributed by atoms with Gasteiger partial charge in [-0.3, -0.25) is 0 Å². The molecule has 0 heterocycles. The smallest absolute Gasteiger partial charge is 0.450 e. The van der Waals surface area contributed by atoms with Gasteiger partial charge in [-0.15, -0.1) is 13.2 Å². The van der Waals surface area contributed by atoms with E-state index in [1.54, 1.807) is 12.2 Å². The highest BCUT2D eigenvalue weighted by molar-refractivity contribution is 5.53. The summed E-state index contributed by atoms with van der Waals surface area (Å²) in [6.07, 6.45) is -0.235. The van der Waals surface area contributed by atoms with Gasteiger partial charge in [-0.2, -0.15) is 0 Å². The van der Waals surface area contributed by atoms with Crippen molar-refractivity contribution >= 4 is 12.3 Å². The predicted octanol–water partition coefficient (Wildman–Crippen LogP) is 1.84. The number of hydrogen-bond acceptors (Lipinski definition) is 4. The molecule has 0 rings (SSSR count). The molecule has 0 unspecified atom stereocenters.